The fraction of sp³-hybridized carbons (Fsp3) is 0.688. The van der Waals surface area contributed by atoms with Gasteiger partial charge in [0, 0.05) is 19.1 Å². The van der Waals surface area contributed by atoms with Crippen LogP contribution >= 0.6 is 0 Å². The van der Waals surface area contributed by atoms with Crippen LogP contribution in [-0.2, 0) is 0 Å². The average Bonchev–Trinajstić information content (AvgIpc) is 3.32. The van der Waals surface area contributed by atoms with Gasteiger partial charge in [0.15, 0.2) is 0 Å². The molecule has 1 saturated heterocycles. The normalized spacial score (nSPS) is 19.8. The number of likely N-dealkylation sites (tertiary alicyclic amines) is 1. The van der Waals surface area contributed by atoms with Crippen LogP contribution in [0.25, 0.3) is 0 Å². The summed E-state index contributed by atoms with van der Waals surface area (Å²) in [5.74, 6) is 1.02. The first kappa shape index (κ1) is 14.4. The number of piperidine rings is 1. The van der Waals surface area contributed by atoms with E-state index in [1.807, 2.05) is 24.8 Å². The van der Waals surface area contributed by atoms with Crippen LogP contribution in [0, 0.1) is 19.8 Å². The van der Waals surface area contributed by atoms with E-state index >= 15 is 0 Å². The Morgan fingerprint density at radius 2 is 1.95 bits per heavy atom. The molecule has 0 aromatic carbocycles. The Bertz CT molecular complexity index is 519. The fourth-order valence-electron chi connectivity index (χ4n) is 2.88. The standard InChI is InChI=1S/C16H24N4O/c1-11-9-15(12(2)19-18-11)16(21)20-7-5-14(6-8-20)17-10-13-3-4-13/h9,13-14,17H,3-8,10H2,1-2H3. The molecule has 21 heavy (non-hydrogen) atoms. The molecule has 114 valence electrons. The van der Waals surface area contributed by atoms with Gasteiger partial charge < -0.3 is 10.2 Å². The second kappa shape index (κ2) is 6.10. The van der Waals surface area contributed by atoms with Crippen LogP contribution < -0.4 is 5.32 Å². The zero-order chi connectivity index (χ0) is 14.8. The number of aromatic nitrogens is 2. The minimum absolute atomic E-state index is 0.103. The number of nitrogens with zero attached hydrogens (tertiary/aromatic N) is 3. The molecule has 1 N–H and O–H groups in total. The van der Waals surface area contributed by atoms with E-state index in [2.05, 4.69) is 15.5 Å². The van der Waals surface area contributed by atoms with Crippen LogP contribution in [0.5, 0.6) is 0 Å². The Balaban J connectivity index is 1.55. The molecule has 0 spiro atoms. The molecule has 0 unspecified atom stereocenters. The molecule has 2 fully saturated rings. The molecule has 0 bridgehead atoms. The topological polar surface area (TPSA) is 58.1 Å². The summed E-state index contributed by atoms with van der Waals surface area (Å²) in [5, 5.41) is 11.7. The summed E-state index contributed by atoms with van der Waals surface area (Å²) in [6, 6.07) is 2.43. The van der Waals surface area contributed by atoms with Gasteiger partial charge in [0.2, 0.25) is 0 Å². The lowest BCUT2D eigenvalue weighted by molar-refractivity contribution is 0.0703. The molecule has 2 aliphatic rings. The highest BCUT2D eigenvalue weighted by Crippen LogP contribution is 2.28. The molecule has 1 aliphatic heterocycles. The lowest BCUT2D eigenvalue weighted by atomic mass is 10.0. The number of amides is 1. The van der Waals surface area contributed by atoms with Crippen molar-refractivity contribution in [1.29, 1.82) is 0 Å². The molecule has 1 saturated carbocycles. The van der Waals surface area contributed by atoms with Gasteiger partial charge in [-0.2, -0.15) is 10.2 Å². The predicted octanol–water partition coefficient (Wildman–Crippen LogP) is 1.70. The van der Waals surface area contributed by atoms with Gasteiger partial charge >= 0.3 is 0 Å². The summed E-state index contributed by atoms with van der Waals surface area (Å²) in [6.45, 7) is 6.55. The SMILES string of the molecule is Cc1cc(C(=O)N2CCC(NCC3CC3)CC2)c(C)nn1. The molecular weight excluding hydrogens is 264 g/mol. The minimum atomic E-state index is 0.103. The van der Waals surface area contributed by atoms with Crippen molar-refractivity contribution >= 4 is 5.91 Å². The maximum absolute atomic E-state index is 12.6. The Morgan fingerprint density at radius 1 is 1.24 bits per heavy atom. The van der Waals surface area contributed by atoms with Crippen molar-refractivity contribution in [3.63, 3.8) is 0 Å². The monoisotopic (exact) mass is 288 g/mol. The fourth-order valence-corrected chi connectivity index (χ4v) is 2.88. The predicted molar refractivity (Wildman–Crippen MR) is 81.2 cm³/mol. The lowest BCUT2D eigenvalue weighted by Crippen LogP contribution is -2.45. The molecule has 5 heteroatoms. The summed E-state index contributed by atoms with van der Waals surface area (Å²) in [7, 11) is 0. The second-order valence-corrected chi connectivity index (χ2v) is 6.40. The summed E-state index contributed by atoms with van der Waals surface area (Å²) in [6.07, 6.45) is 4.88. The Kier molecular flexibility index (Phi) is 4.19. The first-order chi connectivity index (χ1) is 10.1. The molecule has 0 radical (unpaired) electrons. The number of rotatable bonds is 4. The number of hydrogen-bond donors (Lipinski definition) is 1. The number of nitrogens with one attached hydrogen (secondary N) is 1. The zero-order valence-electron chi connectivity index (χ0n) is 12.9. The van der Waals surface area contributed by atoms with Gasteiger partial charge in [-0.15, -0.1) is 0 Å². The van der Waals surface area contributed by atoms with E-state index in [1.54, 1.807) is 0 Å². The zero-order valence-corrected chi connectivity index (χ0v) is 12.9. The van der Waals surface area contributed by atoms with Crippen LogP contribution in [0.15, 0.2) is 6.07 Å². The van der Waals surface area contributed by atoms with Gasteiger partial charge in [0.05, 0.1) is 17.0 Å². The summed E-state index contributed by atoms with van der Waals surface area (Å²) < 4.78 is 0. The summed E-state index contributed by atoms with van der Waals surface area (Å²) in [4.78, 5) is 14.6. The first-order valence-electron chi connectivity index (χ1n) is 7.97. The Labute approximate surface area is 126 Å². The van der Waals surface area contributed by atoms with E-state index in [4.69, 9.17) is 0 Å². The highest BCUT2D eigenvalue weighted by atomic mass is 16.2. The molecule has 1 aromatic rings. The second-order valence-electron chi connectivity index (χ2n) is 6.40. The molecule has 3 rings (SSSR count). The summed E-state index contributed by atoms with van der Waals surface area (Å²) in [5.41, 5.74) is 2.22. The minimum Gasteiger partial charge on any atom is -0.338 e. The molecule has 0 atom stereocenters. The first-order valence-corrected chi connectivity index (χ1v) is 7.97. The van der Waals surface area contributed by atoms with Crippen molar-refractivity contribution in [2.75, 3.05) is 19.6 Å². The van der Waals surface area contributed by atoms with Crippen LogP contribution in [-0.4, -0.2) is 46.7 Å². The largest absolute Gasteiger partial charge is 0.338 e. The third kappa shape index (κ3) is 3.59. The van der Waals surface area contributed by atoms with Crippen molar-refractivity contribution < 1.29 is 4.79 Å². The van der Waals surface area contributed by atoms with Crippen molar-refractivity contribution in [1.82, 2.24) is 20.4 Å². The lowest BCUT2D eigenvalue weighted by Gasteiger charge is -2.32. The van der Waals surface area contributed by atoms with E-state index in [1.165, 1.54) is 12.8 Å². The summed E-state index contributed by atoms with van der Waals surface area (Å²) >= 11 is 0. The van der Waals surface area contributed by atoms with Crippen molar-refractivity contribution in [2.24, 2.45) is 5.92 Å². The van der Waals surface area contributed by atoms with Gasteiger partial charge in [0.25, 0.3) is 5.91 Å². The number of aryl methyl sites for hydroxylation is 2. The molecule has 1 aliphatic carbocycles. The van der Waals surface area contributed by atoms with Gasteiger partial charge in [-0.05, 0) is 58.1 Å². The molecule has 1 aromatic heterocycles. The van der Waals surface area contributed by atoms with Crippen molar-refractivity contribution in [2.45, 2.75) is 45.6 Å². The molecule has 1 amide bonds. The third-order valence-corrected chi connectivity index (χ3v) is 4.51. The number of hydrogen-bond acceptors (Lipinski definition) is 4. The van der Waals surface area contributed by atoms with Crippen LogP contribution in [0.2, 0.25) is 0 Å². The van der Waals surface area contributed by atoms with E-state index in [-0.39, 0.29) is 5.91 Å². The molecular formula is C16H24N4O. The van der Waals surface area contributed by atoms with Crippen molar-refractivity contribution in [3.8, 4) is 0 Å². The van der Waals surface area contributed by atoms with Crippen LogP contribution in [0.1, 0.15) is 47.4 Å². The van der Waals surface area contributed by atoms with E-state index < -0.39 is 0 Å². The Morgan fingerprint density at radius 3 is 2.62 bits per heavy atom. The van der Waals surface area contributed by atoms with E-state index in [9.17, 15) is 4.79 Å². The smallest absolute Gasteiger partial charge is 0.255 e. The maximum atomic E-state index is 12.6. The van der Waals surface area contributed by atoms with Crippen molar-refractivity contribution in [3.05, 3.63) is 23.0 Å². The Hall–Kier alpha value is -1.49. The van der Waals surface area contributed by atoms with E-state index in [0.29, 0.717) is 11.6 Å². The van der Waals surface area contributed by atoms with Crippen LogP contribution in [0.4, 0.5) is 0 Å². The molecule has 5 nitrogen and oxygen atoms in total. The maximum Gasteiger partial charge on any atom is 0.255 e. The quantitative estimate of drug-likeness (QED) is 0.916. The number of carbonyl (C=O) groups excluding carboxylic acids is 1. The van der Waals surface area contributed by atoms with E-state index in [0.717, 1.165) is 49.8 Å². The van der Waals surface area contributed by atoms with Gasteiger partial charge in [0.1, 0.15) is 0 Å². The third-order valence-electron chi connectivity index (χ3n) is 4.51. The average molecular weight is 288 g/mol. The van der Waals surface area contributed by atoms with Crippen LogP contribution in [0.3, 0.4) is 0 Å². The highest BCUT2D eigenvalue weighted by molar-refractivity contribution is 5.95. The van der Waals surface area contributed by atoms with Gasteiger partial charge in [-0.1, -0.05) is 0 Å². The number of carbonyl (C=O) groups is 1. The van der Waals surface area contributed by atoms with Gasteiger partial charge in [-0.3, -0.25) is 4.79 Å². The van der Waals surface area contributed by atoms with Gasteiger partial charge in [-0.25, -0.2) is 0 Å². The molecule has 2 heterocycles. The highest BCUT2D eigenvalue weighted by Gasteiger charge is 2.27.